The molecule has 0 aliphatic carbocycles. The highest BCUT2D eigenvalue weighted by Gasteiger charge is 2.21. The summed E-state index contributed by atoms with van der Waals surface area (Å²) in [5, 5.41) is 7.15. The Bertz CT molecular complexity index is 1340. The Morgan fingerprint density at radius 2 is 1.80 bits per heavy atom. The standard InChI is InChI=1S/C23H15FN4OS/c24-16-10-8-15(9-11-16)19-20(22(29)28-23-25-12-13-30-23)27-21(26-19)18-7-3-5-14-4-1-2-6-17(14)18/h1-13H,(H,26,27)(H,25,28,29). The zero-order chi connectivity index (χ0) is 20.5. The van der Waals surface area contributed by atoms with Gasteiger partial charge in [0.15, 0.2) is 5.13 Å². The molecule has 7 heteroatoms. The molecule has 0 fully saturated rings. The van der Waals surface area contributed by atoms with Crippen molar-refractivity contribution in [3.05, 3.63) is 89.8 Å². The maximum Gasteiger partial charge on any atom is 0.276 e. The quantitative estimate of drug-likeness (QED) is 0.394. The van der Waals surface area contributed by atoms with E-state index < -0.39 is 0 Å². The number of nitrogens with zero attached hydrogens (tertiary/aromatic N) is 2. The van der Waals surface area contributed by atoms with Crippen molar-refractivity contribution in [2.24, 2.45) is 0 Å². The van der Waals surface area contributed by atoms with Crippen molar-refractivity contribution in [3.8, 4) is 22.6 Å². The molecule has 2 N–H and O–H groups in total. The van der Waals surface area contributed by atoms with E-state index in [1.807, 2.05) is 42.5 Å². The number of hydrogen-bond donors (Lipinski definition) is 2. The van der Waals surface area contributed by atoms with Crippen LogP contribution in [0.2, 0.25) is 0 Å². The van der Waals surface area contributed by atoms with E-state index in [0.29, 0.717) is 27.9 Å². The lowest BCUT2D eigenvalue weighted by Crippen LogP contribution is -2.13. The Morgan fingerprint density at radius 3 is 2.60 bits per heavy atom. The number of aromatic amines is 1. The van der Waals surface area contributed by atoms with E-state index in [-0.39, 0.29) is 11.7 Å². The van der Waals surface area contributed by atoms with Crippen LogP contribution in [0.1, 0.15) is 10.5 Å². The topological polar surface area (TPSA) is 70.7 Å². The summed E-state index contributed by atoms with van der Waals surface area (Å²) in [7, 11) is 0. The number of hydrogen-bond acceptors (Lipinski definition) is 4. The number of amides is 1. The smallest absolute Gasteiger partial charge is 0.276 e. The SMILES string of the molecule is O=C(Nc1nccs1)c1[nH]c(-c2cccc3ccccc23)nc1-c1ccc(F)cc1. The molecule has 5 nitrogen and oxygen atoms in total. The van der Waals surface area contributed by atoms with Gasteiger partial charge in [-0.25, -0.2) is 14.4 Å². The van der Waals surface area contributed by atoms with Crippen molar-refractivity contribution < 1.29 is 9.18 Å². The van der Waals surface area contributed by atoms with Crippen LogP contribution in [-0.2, 0) is 0 Å². The van der Waals surface area contributed by atoms with E-state index in [4.69, 9.17) is 4.98 Å². The third-order valence-corrected chi connectivity index (χ3v) is 5.43. The number of halogens is 1. The average Bonchev–Trinajstić information content (AvgIpc) is 3.44. The van der Waals surface area contributed by atoms with Gasteiger partial charge in [0.2, 0.25) is 0 Å². The highest BCUT2D eigenvalue weighted by Crippen LogP contribution is 2.31. The van der Waals surface area contributed by atoms with Gasteiger partial charge in [-0.3, -0.25) is 10.1 Å². The lowest BCUT2D eigenvalue weighted by Gasteiger charge is -2.03. The van der Waals surface area contributed by atoms with Gasteiger partial charge in [-0.1, -0.05) is 42.5 Å². The lowest BCUT2D eigenvalue weighted by molar-refractivity contribution is 0.102. The van der Waals surface area contributed by atoms with Gasteiger partial charge < -0.3 is 4.98 Å². The van der Waals surface area contributed by atoms with Gasteiger partial charge in [0.25, 0.3) is 5.91 Å². The van der Waals surface area contributed by atoms with E-state index in [2.05, 4.69) is 15.3 Å². The molecule has 0 atom stereocenters. The van der Waals surface area contributed by atoms with Gasteiger partial charge in [-0.15, -0.1) is 11.3 Å². The summed E-state index contributed by atoms with van der Waals surface area (Å²) in [6.45, 7) is 0. The van der Waals surface area contributed by atoms with E-state index in [1.54, 1.807) is 23.7 Å². The number of fused-ring (bicyclic) bond motifs is 1. The molecular weight excluding hydrogens is 399 g/mol. The highest BCUT2D eigenvalue weighted by atomic mass is 32.1. The van der Waals surface area contributed by atoms with Gasteiger partial charge in [0.1, 0.15) is 23.0 Å². The predicted octanol–water partition coefficient (Wildman–Crippen LogP) is 5.74. The fourth-order valence-corrected chi connectivity index (χ4v) is 3.88. The second-order valence-corrected chi connectivity index (χ2v) is 7.53. The van der Waals surface area contributed by atoms with Crippen molar-refractivity contribution in [1.82, 2.24) is 15.0 Å². The molecular formula is C23H15FN4OS. The number of thiazole rings is 1. The van der Waals surface area contributed by atoms with Crippen molar-refractivity contribution in [2.75, 3.05) is 5.32 Å². The van der Waals surface area contributed by atoms with E-state index in [0.717, 1.165) is 16.3 Å². The number of carbonyl (C=O) groups excluding carboxylic acids is 1. The summed E-state index contributed by atoms with van der Waals surface area (Å²) in [5.41, 5.74) is 2.26. The molecule has 0 saturated heterocycles. The molecule has 0 spiro atoms. The third-order valence-electron chi connectivity index (χ3n) is 4.75. The zero-order valence-electron chi connectivity index (χ0n) is 15.6. The number of imidazole rings is 1. The molecule has 0 aliphatic rings. The Balaban J connectivity index is 1.66. The fourth-order valence-electron chi connectivity index (χ4n) is 3.36. The Kier molecular flexibility index (Phi) is 4.57. The number of anilines is 1. The maximum absolute atomic E-state index is 13.4. The normalized spacial score (nSPS) is 11.0. The van der Waals surface area contributed by atoms with E-state index >= 15 is 0 Å². The van der Waals surface area contributed by atoms with Crippen molar-refractivity contribution >= 4 is 33.1 Å². The monoisotopic (exact) mass is 414 g/mol. The Hall–Kier alpha value is -3.84. The summed E-state index contributed by atoms with van der Waals surface area (Å²) >= 11 is 1.33. The van der Waals surface area contributed by atoms with Gasteiger partial charge in [0, 0.05) is 22.7 Å². The van der Waals surface area contributed by atoms with Crippen LogP contribution in [0.25, 0.3) is 33.4 Å². The maximum atomic E-state index is 13.4. The van der Waals surface area contributed by atoms with Gasteiger partial charge in [-0.2, -0.15) is 0 Å². The van der Waals surface area contributed by atoms with Crippen LogP contribution in [0.15, 0.2) is 78.3 Å². The summed E-state index contributed by atoms with van der Waals surface area (Å²) in [5.74, 6) is -0.143. The average molecular weight is 414 g/mol. The Morgan fingerprint density at radius 1 is 1.00 bits per heavy atom. The molecule has 0 bridgehead atoms. The summed E-state index contributed by atoms with van der Waals surface area (Å²) in [4.78, 5) is 25.0. The van der Waals surface area contributed by atoms with Crippen LogP contribution in [0.4, 0.5) is 9.52 Å². The first-order valence-corrected chi connectivity index (χ1v) is 10.1. The molecule has 0 aliphatic heterocycles. The highest BCUT2D eigenvalue weighted by molar-refractivity contribution is 7.13. The number of nitrogens with one attached hydrogen (secondary N) is 2. The first kappa shape index (κ1) is 18.2. The van der Waals surface area contributed by atoms with Crippen LogP contribution in [0.5, 0.6) is 0 Å². The van der Waals surface area contributed by atoms with Crippen LogP contribution >= 0.6 is 11.3 Å². The fraction of sp³-hybridized carbons (Fsp3) is 0. The molecule has 0 radical (unpaired) electrons. The van der Waals surface area contributed by atoms with E-state index in [1.165, 1.54) is 23.5 Å². The number of benzene rings is 3. The first-order chi connectivity index (χ1) is 14.7. The first-order valence-electron chi connectivity index (χ1n) is 9.24. The molecule has 2 heterocycles. The number of H-pyrrole nitrogens is 1. The zero-order valence-corrected chi connectivity index (χ0v) is 16.4. The van der Waals surface area contributed by atoms with E-state index in [9.17, 15) is 9.18 Å². The molecule has 30 heavy (non-hydrogen) atoms. The van der Waals surface area contributed by atoms with Crippen LogP contribution < -0.4 is 5.32 Å². The molecule has 3 aromatic carbocycles. The second-order valence-electron chi connectivity index (χ2n) is 6.63. The summed E-state index contributed by atoms with van der Waals surface area (Å²) in [6.07, 6.45) is 1.62. The summed E-state index contributed by atoms with van der Waals surface area (Å²) < 4.78 is 13.4. The molecule has 146 valence electrons. The van der Waals surface area contributed by atoms with Gasteiger partial charge in [0.05, 0.1) is 0 Å². The minimum absolute atomic E-state index is 0.291. The Labute approximate surface area is 175 Å². The predicted molar refractivity (Wildman–Crippen MR) is 117 cm³/mol. The minimum atomic E-state index is -0.358. The lowest BCUT2D eigenvalue weighted by atomic mass is 10.0. The van der Waals surface area contributed by atoms with Crippen LogP contribution in [0, 0.1) is 5.82 Å². The van der Waals surface area contributed by atoms with Crippen LogP contribution in [-0.4, -0.2) is 20.9 Å². The number of rotatable bonds is 4. The largest absolute Gasteiger partial charge is 0.333 e. The van der Waals surface area contributed by atoms with Crippen LogP contribution in [0.3, 0.4) is 0 Å². The molecule has 5 rings (SSSR count). The molecule has 1 amide bonds. The summed E-state index contributed by atoms with van der Waals surface area (Å²) in [6, 6.07) is 19.8. The van der Waals surface area contributed by atoms with Gasteiger partial charge >= 0.3 is 0 Å². The van der Waals surface area contributed by atoms with Crippen molar-refractivity contribution in [1.29, 1.82) is 0 Å². The van der Waals surface area contributed by atoms with Crippen molar-refractivity contribution in [3.63, 3.8) is 0 Å². The second kappa shape index (κ2) is 7.53. The molecule has 0 unspecified atom stereocenters. The molecule has 2 aromatic heterocycles. The minimum Gasteiger partial charge on any atom is -0.333 e. The van der Waals surface area contributed by atoms with Gasteiger partial charge in [-0.05, 0) is 35.0 Å². The van der Waals surface area contributed by atoms with Crippen molar-refractivity contribution in [2.45, 2.75) is 0 Å². The third kappa shape index (κ3) is 3.35. The molecule has 5 aromatic rings. The number of carbonyl (C=O) groups is 1. The molecule has 0 saturated carbocycles. The number of aromatic nitrogens is 3.